The molecule has 10 nitrogen and oxygen atoms in total. The average Bonchev–Trinajstić information content (AvgIpc) is 3.65. The largest absolute Gasteiger partial charge is 0.506 e. The van der Waals surface area contributed by atoms with Crippen LogP contribution in [-0.4, -0.2) is 95.4 Å². The number of carbonyl (C=O) groups is 1. The Bertz CT molecular complexity index is 1620. The Balaban J connectivity index is 0.875. The van der Waals surface area contributed by atoms with Gasteiger partial charge in [-0.25, -0.2) is 4.98 Å². The van der Waals surface area contributed by atoms with Gasteiger partial charge in [-0.15, -0.1) is 11.3 Å². The molecule has 0 saturated carbocycles. The molecule has 2 aliphatic rings. The minimum atomic E-state index is -0.260. The van der Waals surface area contributed by atoms with E-state index in [2.05, 4.69) is 32.3 Å². The third kappa shape index (κ3) is 7.32. The molecular weight excluding hydrogens is 599 g/mol. The highest BCUT2D eigenvalue weighted by Gasteiger charge is 2.41. The lowest BCUT2D eigenvalue weighted by Crippen LogP contribution is -2.58. The quantitative estimate of drug-likeness (QED) is 0.213. The minimum Gasteiger partial charge on any atom is -0.506 e. The zero-order valence-electron chi connectivity index (χ0n) is 25.0. The SMILES string of the molecule is Cc1nc(C(=O)N2CCOC3(CCN(CCOc4ccc(CCNCCc5ccc(O)c6[nH]c(=O)sc56)cc4)CC3)C2)cs1. The van der Waals surface area contributed by atoms with E-state index in [1.165, 1.54) is 16.9 Å². The van der Waals surface area contributed by atoms with E-state index in [0.29, 0.717) is 37.5 Å². The van der Waals surface area contributed by atoms with Crippen LogP contribution in [0.3, 0.4) is 0 Å². The Morgan fingerprint density at radius 1 is 1.14 bits per heavy atom. The molecule has 0 atom stereocenters. The van der Waals surface area contributed by atoms with Gasteiger partial charge in [0, 0.05) is 31.6 Å². The molecule has 3 N–H and O–H groups in total. The number of hydrogen-bond donors (Lipinski definition) is 3. The van der Waals surface area contributed by atoms with Crippen molar-refractivity contribution in [3.63, 3.8) is 0 Å². The normalized spacial score (nSPS) is 17.0. The summed E-state index contributed by atoms with van der Waals surface area (Å²) in [6, 6.07) is 11.8. The molecule has 0 aliphatic carbocycles. The summed E-state index contributed by atoms with van der Waals surface area (Å²) in [6.07, 6.45) is 3.51. The second kappa shape index (κ2) is 13.8. The van der Waals surface area contributed by atoms with Gasteiger partial charge in [-0.2, -0.15) is 0 Å². The van der Waals surface area contributed by atoms with Crippen LogP contribution in [0.25, 0.3) is 10.2 Å². The molecule has 4 aromatic rings. The number of amides is 1. The van der Waals surface area contributed by atoms with Crippen LogP contribution < -0.4 is 14.9 Å². The van der Waals surface area contributed by atoms with E-state index in [-0.39, 0.29) is 22.1 Å². The van der Waals surface area contributed by atoms with E-state index >= 15 is 0 Å². The fourth-order valence-electron chi connectivity index (χ4n) is 6.02. The van der Waals surface area contributed by atoms with Crippen molar-refractivity contribution in [2.75, 3.05) is 59.0 Å². The number of likely N-dealkylation sites (tertiary alicyclic amines) is 1. The lowest BCUT2D eigenvalue weighted by molar-refractivity contribution is -0.127. The van der Waals surface area contributed by atoms with Gasteiger partial charge < -0.3 is 29.8 Å². The van der Waals surface area contributed by atoms with Gasteiger partial charge in [0.1, 0.15) is 29.3 Å². The van der Waals surface area contributed by atoms with Crippen LogP contribution >= 0.6 is 22.7 Å². The number of H-pyrrole nitrogens is 1. The number of benzene rings is 2. The Kier molecular flexibility index (Phi) is 9.62. The first-order chi connectivity index (χ1) is 21.4. The van der Waals surface area contributed by atoms with Crippen LogP contribution in [0.5, 0.6) is 11.5 Å². The number of piperidine rings is 1. The van der Waals surface area contributed by atoms with Crippen molar-refractivity contribution >= 4 is 38.8 Å². The number of ether oxygens (including phenoxy) is 2. The molecule has 44 heavy (non-hydrogen) atoms. The van der Waals surface area contributed by atoms with Crippen molar-refractivity contribution in [2.45, 2.75) is 38.2 Å². The summed E-state index contributed by atoms with van der Waals surface area (Å²) in [5.41, 5.74) is 3.12. The van der Waals surface area contributed by atoms with E-state index in [0.717, 1.165) is 90.8 Å². The number of nitrogens with one attached hydrogen (secondary N) is 2. The van der Waals surface area contributed by atoms with E-state index in [1.54, 1.807) is 6.07 Å². The van der Waals surface area contributed by atoms with E-state index in [1.807, 2.05) is 35.4 Å². The lowest BCUT2D eigenvalue weighted by atomic mass is 9.89. The molecule has 1 amide bonds. The van der Waals surface area contributed by atoms with Gasteiger partial charge >= 0.3 is 4.87 Å². The molecular formula is C32H39N5O5S2. The van der Waals surface area contributed by atoms with Crippen LogP contribution in [0.1, 0.15) is 39.5 Å². The van der Waals surface area contributed by atoms with Crippen molar-refractivity contribution in [1.29, 1.82) is 0 Å². The monoisotopic (exact) mass is 637 g/mol. The third-order valence-electron chi connectivity index (χ3n) is 8.54. The van der Waals surface area contributed by atoms with Crippen molar-refractivity contribution in [2.24, 2.45) is 0 Å². The minimum absolute atomic E-state index is 0.0141. The number of fused-ring (bicyclic) bond motifs is 1. The van der Waals surface area contributed by atoms with Crippen molar-refractivity contribution in [1.82, 2.24) is 25.1 Å². The number of nitrogens with zero attached hydrogens (tertiary/aromatic N) is 3. The van der Waals surface area contributed by atoms with Crippen LogP contribution in [0, 0.1) is 6.92 Å². The maximum atomic E-state index is 12.9. The topological polar surface area (TPSA) is 120 Å². The van der Waals surface area contributed by atoms with Gasteiger partial charge in [-0.05, 0) is 75.0 Å². The molecule has 2 saturated heterocycles. The molecule has 1 spiro atoms. The first-order valence-electron chi connectivity index (χ1n) is 15.2. The molecule has 2 aromatic carbocycles. The summed E-state index contributed by atoms with van der Waals surface area (Å²) in [5, 5.41) is 16.2. The number of rotatable bonds is 11. The number of carbonyl (C=O) groups excluding carboxylic acids is 1. The number of phenolic OH excluding ortho intramolecular Hbond substituents is 1. The molecule has 2 fully saturated rings. The Labute approximate surface area is 264 Å². The summed E-state index contributed by atoms with van der Waals surface area (Å²) in [4.78, 5) is 35.9. The molecule has 0 bridgehead atoms. The van der Waals surface area contributed by atoms with Gasteiger partial charge in [0.25, 0.3) is 5.91 Å². The molecule has 0 radical (unpaired) electrons. The molecule has 2 aliphatic heterocycles. The van der Waals surface area contributed by atoms with Gasteiger partial charge in [0.2, 0.25) is 0 Å². The summed E-state index contributed by atoms with van der Waals surface area (Å²) in [5.74, 6) is 1.00. The first kappa shape index (κ1) is 30.7. The fraction of sp³-hybridized carbons (Fsp3) is 0.469. The number of phenols is 1. The maximum Gasteiger partial charge on any atom is 0.305 e. The molecule has 234 valence electrons. The molecule has 0 unspecified atom stereocenters. The van der Waals surface area contributed by atoms with E-state index in [4.69, 9.17) is 9.47 Å². The van der Waals surface area contributed by atoms with E-state index in [9.17, 15) is 14.7 Å². The second-order valence-electron chi connectivity index (χ2n) is 11.6. The highest BCUT2D eigenvalue weighted by Crippen LogP contribution is 2.31. The van der Waals surface area contributed by atoms with Gasteiger partial charge in [0.15, 0.2) is 0 Å². The predicted molar refractivity (Wildman–Crippen MR) is 173 cm³/mol. The summed E-state index contributed by atoms with van der Waals surface area (Å²) < 4.78 is 13.1. The molecule has 6 rings (SSSR count). The number of hydrogen-bond acceptors (Lipinski definition) is 10. The van der Waals surface area contributed by atoms with Crippen molar-refractivity contribution in [3.8, 4) is 11.5 Å². The third-order valence-corrected chi connectivity index (χ3v) is 10.3. The number of thiazole rings is 2. The summed E-state index contributed by atoms with van der Waals surface area (Å²) in [6.45, 7) is 8.73. The second-order valence-corrected chi connectivity index (χ2v) is 13.6. The van der Waals surface area contributed by atoms with Crippen molar-refractivity contribution < 1.29 is 19.4 Å². The summed E-state index contributed by atoms with van der Waals surface area (Å²) in [7, 11) is 0. The zero-order chi connectivity index (χ0) is 30.5. The maximum absolute atomic E-state index is 12.9. The number of aromatic nitrogens is 2. The molecule has 4 heterocycles. The van der Waals surface area contributed by atoms with Crippen LogP contribution in [0.2, 0.25) is 0 Å². The number of aryl methyl sites for hydroxylation is 1. The lowest BCUT2D eigenvalue weighted by Gasteiger charge is -2.47. The standard InChI is InChI=1S/C32H39N5O5S2/c1-22-34-26(20-43-22)30(39)37-17-19-42-32(21-37)10-14-36(15-11-32)16-18-41-25-5-2-23(3-6-25)8-12-33-13-9-24-4-7-27(38)28-29(24)44-31(40)35-28/h2-7,20,33,38H,8-19,21H2,1H3,(H,35,40). The highest BCUT2D eigenvalue weighted by molar-refractivity contribution is 7.16. The van der Waals surface area contributed by atoms with E-state index < -0.39 is 0 Å². The zero-order valence-corrected chi connectivity index (χ0v) is 26.6. The number of aromatic hydroxyl groups is 1. The van der Waals surface area contributed by atoms with Crippen molar-refractivity contribution in [3.05, 3.63) is 73.3 Å². The van der Waals surface area contributed by atoms with Gasteiger partial charge in [-0.1, -0.05) is 29.5 Å². The van der Waals surface area contributed by atoms with Crippen LogP contribution in [0.4, 0.5) is 0 Å². The highest BCUT2D eigenvalue weighted by atomic mass is 32.1. The summed E-state index contributed by atoms with van der Waals surface area (Å²) >= 11 is 2.65. The Morgan fingerprint density at radius 3 is 2.70 bits per heavy atom. The van der Waals surface area contributed by atoms with Crippen LogP contribution in [0.15, 0.2) is 46.6 Å². The van der Waals surface area contributed by atoms with Gasteiger partial charge in [0.05, 0.1) is 28.5 Å². The Hall–Kier alpha value is -3.29. The van der Waals surface area contributed by atoms with Crippen LogP contribution in [-0.2, 0) is 17.6 Å². The first-order valence-corrected chi connectivity index (χ1v) is 16.9. The molecule has 2 aromatic heterocycles. The fourth-order valence-corrected chi connectivity index (χ4v) is 7.51. The smallest absolute Gasteiger partial charge is 0.305 e. The predicted octanol–water partition coefficient (Wildman–Crippen LogP) is 3.82. The van der Waals surface area contributed by atoms with Gasteiger partial charge in [-0.3, -0.25) is 14.5 Å². The molecule has 12 heteroatoms. The average molecular weight is 638 g/mol. The number of aromatic amines is 1. The Morgan fingerprint density at radius 2 is 1.93 bits per heavy atom. The number of morpholine rings is 1.